The van der Waals surface area contributed by atoms with E-state index in [1.54, 1.807) is 18.2 Å². The molecule has 3 rings (SSSR count). The van der Waals surface area contributed by atoms with Gasteiger partial charge in [0.05, 0.1) is 10.0 Å². The molecule has 0 aliphatic heterocycles. The van der Waals surface area contributed by atoms with E-state index in [4.69, 9.17) is 23.2 Å². The van der Waals surface area contributed by atoms with E-state index < -0.39 is 0 Å². The largest absolute Gasteiger partial charge is 0.294 e. The maximum atomic E-state index is 12.4. The van der Waals surface area contributed by atoms with Crippen LogP contribution in [0.5, 0.6) is 0 Å². The molecular formula is C14H14Cl2O. The number of fused-ring (bicyclic) bond motifs is 1. The first-order valence-corrected chi connectivity index (χ1v) is 6.94. The monoisotopic (exact) mass is 268 g/mol. The summed E-state index contributed by atoms with van der Waals surface area (Å²) in [7, 11) is 0. The van der Waals surface area contributed by atoms with Crippen LogP contribution in [-0.2, 0) is 0 Å². The van der Waals surface area contributed by atoms with Gasteiger partial charge in [0.1, 0.15) is 0 Å². The van der Waals surface area contributed by atoms with Crippen LogP contribution in [0.15, 0.2) is 18.2 Å². The maximum absolute atomic E-state index is 12.4. The summed E-state index contributed by atoms with van der Waals surface area (Å²) in [5.41, 5.74) is 0.610. The van der Waals surface area contributed by atoms with Gasteiger partial charge in [-0.15, -0.1) is 0 Å². The number of benzene rings is 1. The third-order valence-corrected chi connectivity index (χ3v) is 5.00. The fourth-order valence-corrected chi connectivity index (χ4v) is 3.65. The zero-order valence-corrected chi connectivity index (χ0v) is 11.0. The summed E-state index contributed by atoms with van der Waals surface area (Å²) in [5.74, 6) is 1.65. The van der Waals surface area contributed by atoms with Crippen molar-refractivity contribution in [3.8, 4) is 0 Å². The van der Waals surface area contributed by atoms with Crippen molar-refractivity contribution in [1.82, 2.24) is 0 Å². The average Bonchev–Trinajstić information content (AvgIpc) is 3.06. The molecule has 0 aromatic heterocycles. The zero-order valence-electron chi connectivity index (χ0n) is 9.46. The molecule has 1 aromatic carbocycles. The third kappa shape index (κ3) is 1.90. The van der Waals surface area contributed by atoms with Crippen LogP contribution in [0.3, 0.4) is 0 Å². The maximum Gasteiger partial charge on any atom is 0.168 e. The predicted molar refractivity (Wildman–Crippen MR) is 69.7 cm³/mol. The lowest BCUT2D eigenvalue weighted by Crippen LogP contribution is -2.05. The molecule has 1 nitrogen and oxygen atoms in total. The Balaban J connectivity index is 1.85. The van der Waals surface area contributed by atoms with E-state index in [1.165, 1.54) is 25.7 Å². The van der Waals surface area contributed by atoms with Crippen LogP contribution in [0.25, 0.3) is 0 Å². The molecule has 2 unspecified atom stereocenters. The molecule has 0 radical (unpaired) electrons. The van der Waals surface area contributed by atoms with Gasteiger partial charge in [0, 0.05) is 11.5 Å². The van der Waals surface area contributed by atoms with Gasteiger partial charge in [-0.25, -0.2) is 0 Å². The van der Waals surface area contributed by atoms with Gasteiger partial charge >= 0.3 is 0 Å². The molecule has 90 valence electrons. The molecule has 2 saturated carbocycles. The van der Waals surface area contributed by atoms with Gasteiger partial charge in [-0.1, -0.05) is 42.1 Å². The standard InChI is InChI=1S/C14H14Cl2O/c15-11-7-3-6-10(13(11)16)14(17)12-8-4-1-2-5-9(8)12/h3,6-9,12H,1-2,4-5H2. The van der Waals surface area contributed by atoms with E-state index in [0.29, 0.717) is 27.4 Å². The second-order valence-electron chi connectivity index (χ2n) is 5.10. The minimum absolute atomic E-state index is 0.203. The summed E-state index contributed by atoms with van der Waals surface area (Å²) < 4.78 is 0. The van der Waals surface area contributed by atoms with Crippen LogP contribution >= 0.6 is 23.2 Å². The summed E-state index contributed by atoms with van der Waals surface area (Å²) in [4.78, 5) is 12.4. The Labute approximate surface area is 111 Å². The number of Topliss-reactive ketones (excluding diaryl/α,β-unsaturated/α-hetero) is 1. The summed E-state index contributed by atoms with van der Waals surface area (Å²) in [6.07, 6.45) is 4.96. The first-order chi connectivity index (χ1) is 8.20. The van der Waals surface area contributed by atoms with Gasteiger partial charge in [-0.05, 0) is 36.8 Å². The highest BCUT2D eigenvalue weighted by Gasteiger charge is 2.54. The number of carbonyl (C=O) groups excluding carboxylic acids is 1. The molecule has 0 heterocycles. The topological polar surface area (TPSA) is 17.1 Å². The molecular weight excluding hydrogens is 255 g/mol. The number of halogens is 2. The van der Waals surface area contributed by atoms with Crippen molar-refractivity contribution in [2.45, 2.75) is 25.7 Å². The van der Waals surface area contributed by atoms with E-state index in [9.17, 15) is 4.79 Å². The van der Waals surface area contributed by atoms with Gasteiger partial charge < -0.3 is 0 Å². The molecule has 0 saturated heterocycles. The zero-order chi connectivity index (χ0) is 12.0. The first-order valence-electron chi connectivity index (χ1n) is 6.18. The highest BCUT2D eigenvalue weighted by Crippen LogP contribution is 2.56. The van der Waals surface area contributed by atoms with Gasteiger partial charge in [0.2, 0.25) is 0 Å². The number of ketones is 1. The molecule has 0 N–H and O–H groups in total. The van der Waals surface area contributed by atoms with Crippen molar-refractivity contribution in [3.05, 3.63) is 33.8 Å². The van der Waals surface area contributed by atoms with Crippen LogP contribution in [0.1, 0.15) is 36.0 Å². The minimum Gasteiger partial charge on any atom is -0.294 e. The lowest BCUT2D eigenvalue weighted by atomic mass is 10.0. The highest BCUT2D eigenvalue weighted by atomic mass is 35.5. The Morgan fingerprint density at radius 3 is 2.41 bits per heavy atom. The first kappa shape index (κ1) is 11.6. The van der Waals surface area contributed by atoms with Crippen molar-refractivity contribution in [2.24, 2.45) is 17.8 Å². The van der Waals surface area contributed by atoms with E-state index in [2.05, 4.69) is 0 Å². The molecule has 0 spiro atoms. The third-order valence-electron chi connectivity index (χ3n) is 4.18. The highest BCUT2D eigenvalue weighted by molar-refractivity contribution is 6.44. The average molecular weight is 269 g/mol. The molecule has 0 bridgehead atoms. The van der Waals surface area contributed by atoms with E-state index in [-0.39, 0.29) is 11.7 Å². The Bertz CT molecular complexity index is 457. The molecule has 2 aliphatic rings. The van der Waals surface area contributed by atoms with Crippen LogP contribution in [0, 0.1) is 17.8 Å². The second kappa shape index (κ2) is 4.29. The summed E-state index contributed by atoms with van der Waals surface area (Å²) in [6.45, 7) is 0. The fourth-order valence-electron chi connectivity index (χ4n) is 3.25. The number of rotatable bonds is 2. The molecule has 17 heavy (non-hydrogen) atoms. The van der Waals surface area contributed by atoms with Crippen molar-refractivity contribution < 1.29 is 4.79 Å². The van der Waals surface area contributed by atoms with E-state index >= 15 is 0 Å². The van der Waals surface area contributed by atoms with Crippen LogP contribution < -0.4 is 0 Å². The number of carbonyl (C=O) groups is 1. The Morgan fingerprint density at radius 2 is 1.76 bits per heavy atom. The molecule has 2 aliphatic carbocycles. The molecule has 2 atom stereocenters. The summed E-state index contributed by atoms with van der Waals surface area (Å²) in [6, 6.07) is 5.31. The van der Waals surface area contributed by atoms with Crippen molar-refractivity contribution in [3.63, 3.8) is 0 Å². The molecule has 1 aromatic rings. The Morgan fingerprint density at radius 1 is 1.12 bits per heavy atom. The number of hydrogen-bond donors (Lipinski definition) is 0. The van der Waals surface area contributed by atoms with Gasteiger partial charge in [0.15, 0.2) is 5.78 Å². The van der Waals surface area contributed by atoms with Gasteiger partial charge in [0.25, 0.3) is 0 Å². The Kier molecular flexibility index (Phi) is 2.92. The van der Waals surface area contributed by atoms with E-state index in [1.807, 2.05) is 0 Å². The SMILES string of the molecule is O=C(c1cccc(Cl)c1Cl)C1C2CCCCC21. The van der Waals surface area contributed by atoms with Crippen LogP contribution in [0.2, 0.25) is 10.0 Å². The molecule has 0 amide bonds. The van der Waals surface area contributed by atoms with Crippen molar-refractivity contribution in [1.29, 1.82) is 0 Å². The Hall–Kier alpha value is -0.530. The van der Waals surface area contributed by atoms with Crippen LogP contribution in [0.4, 0.5) is 0 Å². The van der Waals surface area contributed by atoms with Crippen molar-refractivity contribution >= 4 is 29.0 Å². The van der Waals surface area contributed by atoms with Gasteiger partial charge in [-0.3, -0.25) is 4.79 Å². The lowest BCUT2D eigenvalue weighted by Gasteiger charge is -2.04. The predicted octanol–water partition coefficient (Wildman–Crippen LogP) is 4.61. The quantitative estimate of drug-likeness (QED) is 0.716. The lowest BCUT2D eigenvalue weighted by molar-refractivity contribution is 0.0956. The fraction of sp³-hybridized carbons (Fsp3) is 0.500. The summed E-state index contributed by atoms with van der Waals surface area (Å²) >= 11 is 12.1. The van der Waals surface area contributed by atoms with Gasteiger partial charge in [-0.2, -0.15) is 0 Å². The smallest absolute Gasteiger partial charge is 0.168 e. The second-order valence-corrected chi connectivity index (χ2v) is 5.89. The summed E-state index contributed by atoms with van der Waals surface area (Å²) in [5, 5.41) is 0.893. The number of hydrogen-bond acceptors (Lipinski definition) is 1. The molecule has 3 heteroatoms. The normalized spacial score (nSPS) is 30.8. The molecule has 2 fully saturated rings. The minimum atomic E-state index is 0.203. The van der Waals surface area contributed by atoms with Crippen molar-refractivity contribution in [2.75, 3.05) is 0 Å². The van der Waals surface area contributed by atoms with E-state index in [0.717, 1.165) is 0 Å². The van der Waals surface area contributed by atoms with Crippen LogP contribution in [-0.4, -0.2) is 5.78 Å².